The van der Waals surface area contributed by atoms with Crippen molar-refractivity contribution in [3.05, 3.63) is 30.1 Å². The molecular weight excluding hydrogens is 200 g/mol. The van der Waals surface area contributed by atoms with E-state index in [4.69, 9.17) is 0 Å². The van der Waals surface area contributed by atoms with Crippen LogP contribution in [0.1, 0.15) is 30.9 Å². The molecule has 0 N–H and O–H groups in total. The zero-order valence-corrected chi connectivity index (χ0v) is 9.68. The highest BCUT2D eigenvalue weighted by Crippen LogP contribution is 2.17. The van der Waals surface area contributed by atoms with Crippen molar-refractivity contribution in [3.63, 3.8) is 0 Å². The normalized spacial score (nSPS) is 12.9. The predicted molar refractivity (Wildman–Crippen MR) is 64.6 cm³/mol. The monoisotopic (exact) mass is 216 g/mol. The first kappa shape index (κ1) is 10.9. The van der Waals surface area contributed by atoms with Crippen LogP contribution >= 0.6 is 0 Å². The topological polar surface area (TPSA) is 34.9 Å². The molecule has 0 aliphatic rings. The van der Waals surface area contributed by atoms with Crippen LogP contribution in [0.4, 0.5) is 0 Å². The molecule has 1 heterocycles. The molecule has 2 aromatic rings. The highest BCUT2D eigenvalue weighted by Gasteiger charge is 2.11. The minimum Gasteiger partial charge on any atom is -0.321 e. The van der Waals surface area contributed by atoms with Crippen LogP contribution in [-0.4, -0.2) is 15.8 Å². The summed E-state index contributed by atoms with van der Waals surface area (Å²) in [5, 5.41) is 0. The van der Waals surface area contributed by atoms with E-state index in [0.717, 1.165) is 30.3 Å². The summed E-state index contributed by atoms with van der Waals surface area (Å²) in [6.45, 7) is 5.19. The van der Waals surface area contributed by atoms with Crippen LogP contribution in [-0.2, 0) is 6.54 Å². The molecule has 1 atom stereocenters. The Morgan fingerprint density at radius 1 is 1.44 bits per heavy atom. The second-order valence-corrected chi connectivity index (χ2v) is 4.20. The van der Waals surface area contributed by atoms with E-state index in [0.29, 0.717) is 11.7 Å². The lowest BCUT2D eigenvalue weighted by Crippen LogP contribution is -2.09. The van der Waals surface area contributed by atoms with Gasteiger partial charge >= 0.3 is 0 Å². The van der Waals surface area contributed by atoms with Crippen molar-refractivity contribution in [2.75, 3.05) is 0 Å². The van der Waals surface area contributed by atoms with Gasteiger partial charge < -0.3 is 4.57 Å². The molecule has 0 saturated carbocycles. The lowest BCUT2D eigenvalue weighted by atomic mass is 10.1. The molecule has 0 spiro atoms. The smallest absolute Gasteiger partial charge is 0.185 e. The van der Waals surface area contributed by atoms with Gasteiger partial charge in [0, 0.05) is 6.54 Å². The third-order valence-electron chi connectivity index (χ3n) is 2.98. The van der Waals surface area contributed by atoms with Crippen LogP contribution in [0.2, 0.25) is 0 Å². The number of carbonyl (C=O) groups is 1. The molecule has 16 heavy (non-hydrogen) atoms. The molecule has 0 amide bonds. The van der Waals surface area contributed by atoms with Gasteiger partial charge in [-0.15, -0.1) is 0 Å². The number of fused-ring (bicyclic) bond motifs is 1. The minimum atomic E-state index is 0.529. The number of hydrogen-bond donors (Lipinski definition) is 0. The molecule has 1 aromatic carbocycles. The molecule has 0 bridgehead atoms. The van der Waals surface area contributed by atoms with E-state index < -0.39 is 0 Å². The Kier molecular flexibility index (Phi) is 3.04. The maximum Gasteiger partial charge on any atom is 0.185 e. The lowest BCUT2D eigenvalue weighted by Gasteiger charge is -2.11. The second kappa shape index (κ2) is 4.47. The fourth-order valence-corrected chi connectivity index (χ4v) is 1.82. The van der Waals surface area contributed by atoms with Crippen LogP contribution in [0.15, 0.2) is 24.3 Å². The molecule has 84 valence electrons. The summed E-state index contributed by atoms with van der Waals surface area (Å²) in [5.74, 6) is 1.08. The van der Waals surface area contributed by atoms with Crippen LogP contribution in [0.5, 0.6) is 0 Å². The average molecular weight is 216 g/mol. The minimum absolute atomic E-state index is 0.529. The number of imidazole rings is 1. The number of nitrogens with zero attached hydrogens (tertiary/aromatic N) is 2. The maximum absolute atomic E-state index is 11.0. The van der Waals surface area contributed by atoms with E-state index >= 15 is 0 Å². The SMILES string of the molecule is CCC(C)Cn1c(C=O)nc2ccccc21. The number of para-hydroxylation sites is 2. The summed E-state index contributed by atoms with van der Waals surface area (Å²) in [6.07, 6.45) is 1.94. The molecule has 0 radical (unpaired) electrons. The molecule has 0 aliphatic carbocycles. The number of carbonyl (C=O) groups excluding carboxylic acids is 1. The Morgan fingerprint density at radius 2 is 2.19 bits per heavy atom. The summed E-state index contributed by atoms with van der Waals surface area (Å²) in [4.78, 5) is 15.3. The fourth-order valence-electron chi connectivity index (χ4n) is 1.82. The van der Waals surface area contributed by atoms with Gasteiger partial charge in [0.15, 0.2) is 12.1 Å². The van der Waals surface area contributed by atoms with Gasteiger partial charge in [-0.1, -0.05) is 32.4 Å². The molecule has 0 saturated heterocycles. The molecule has 0 fully saturated rings. The lowest BCUT2D eigenvalue weighted by molar-refractivity contribution is 0.111. The third-order valence-corrected chi connectivity index (χ3v) is 2.98. The molecule has 2 rings (SSSR count). The van der Waals surface area contributed by atoms with E-state index in [2.05, 4.69) is 18.8 Å². The van der Waals surface area contributed by atoms with Crippen molar-refractivity contribution in [2.24, 2.45) is 5.92 Å². The number of rotatable bonds is 4. The van der Waals surface area contributed by atoms with Crippen LogP contribution in [0, 0.1) is 5.92 Å². The Balaban J connectivity index is 2.51. The van der Waals surface area contributed by atoms with Crippen molar-refractivity contribution in [3.8, 4) is 0 Å². The second-order valence-electron chi connectivity index (χ2n) is 4.20. The number of aldehydes is 1. The quantitative estimate of drug-likeness (QED) is 0.736. The zero-order valence-electron chi connectivity index (χ0n) is 9.68. The summed E-state index contributed by atoms with van der Waals surface area (Å²) in [6, 6.07) is 7.87. The Hall–Kier alpha value is -1.64. The summed E-state index contributed by atoms with van der Waals surface area (Å²) >= 11 is 0. The molecule has 3 heteroatoms. The first-order chi connectivity index (χ1) is 7.76. The van der Waals surface area contributed by atoms with Gasteiger partial charge in [-0.25, -0.2) is 4.98 Å². The van der Waals surface area contributed by atoms with E-state index in [1.807, 2.05) is 28.8 Å². The van der Waals surface area contributed by atoms with Crippen molar-refractivity contribution in [1.82, 2.24) is 9.55 Å². The Labute approximate surface area is 95.1 Å². The highest BCUT2D eigenvalue weighted by atomic mass is 16.1. The molecule has 1 unspecified atom stereocenters. The maximum atomic E-state index is 11.0. The molecule has 0 aliphatic heterocycles. The number of hydrogen-bond acceptors (Lipinski definition) is 2. The average Bonchev–Trinajstić information content (AvgIpc) is 2.67. The number of aromatic nitrogens is 2. The predicted octanol–water partition coefficient (Wildman–Crippen LogP) is 2.89. The zero-order chi connectivity index (χ0) is 11.5. The van der Waals surface area contributed by atoms with Crippen LogP contribution in [0.25, 0.3) is 11.0 Å². The summed E-state index contributed by atoms with van der Waals surface area (Å²) < 4.78 is 2.01. The van der Waals surface area contributed by atoms with Crippen molar-refractivity contribution >= 4 is 17.3 Å². The molecular formula is C13H16N2O. The molecule has 1 aromatic heterocycles. The summed E-state index contributed by atoms with van der Waals surface area (Å²) in [5.41, 5.74) is 1.94. The first-order valence-corrected chi connectivity index (χ1v) is 5.66. The fraction of sp³-hybridized carbons (Fsp3) is 0.385. The van der Waals surface area contributed by atoms with E-state index in [1.54, 1.807) is 0 Å². The van der Waals surface area contributed by atoms with Crippen molar-refractivity contribution in [1.29, 1.82) is 0 Å². The van der Waals surface area contributed by atoms with Crippen molar-refractivity contribution in [2.45, 2.75) is 26.8 Å². The van der Waals surface area contributed by atoms with E-state index in [9.17, 15) is 4.79 Å². The standard InChI is InChI=1S/C13H16N2O/c1-3-10(2)8-15-12-7-5-4-6-11(12)14-13(15)9-16/h4-7,9-10H,3,8H2,1-2H3. The van der Waals surface area contributed by atoms with Gasteiger partial charge in [0.05, 0.1) is 11.0 Å². The number of benzene rings is 1. The Bertz CT molecular complexity index is 502. The van der Waals surface area contributed by atoms with Crippen LogP contribution < -0.4 is 0 Å². The van der Waals surface area contributed by atoms with Gasteiger partial charge in [-0.3, -0.25) is 4.79 Å². The highest BCUT2D eigenvalue weighted by molar-refractivity contribution is 5.82. The van der Waals surface area contributed by atoms with Gasteiger partial charge in [0.2, 0.25) is 0 Å². The molecule has 3 nitrogen and oxygen atoms in total. The van der Waals surface area contributed by atoms with Gasteiger partial charge in [0.25, 0.3) is 0 Å². The van der Waals surface area contributed by atoms with Gasteiger partial charge in [-0.05, 0) is 18.1 Å². The Morgan fingerprint density at radius 3 is 2.88 bits per heavy atom. The van der Waals surface area contributed by atoms with E-state index in [-0.39, 0.29) is 0 Å². The first-order valence-electron chi connectivity index (χ1n) is 5.66. The van der Waals surface area contributed by atoms with Crippen molar-refractivity contribution < 1.29 is 4.79 Å². The third kappa shape index (κ3) is 1.85. The van der Waals surface area contributed by atoms with Gasteiger partial charge in [-0.2, -0.15) is 0 Å². The van der Waals surface area contributed by atoms with E-state index in [1.165, 1.54) is 0 Å². The van der Waals surface area contributed by atoms with Crippen LogP contribution in [0.3, 0.4) is 0 Å². The van der Waals surface area contributed by atoms with Gasteiger partial charge in [0.1, 0.15) is 0 Å². The largest absolute Gasteiger partial charge is 0.321 e. The summed E-state index contributed by atoms with van der Waals surface area (Å²) in [7, 11) is 0.